The van der Waals surface area contributed by atoms with Crippen LogP contribution in [0.2, 0.25) is 0 Å². The standard InChI is InChI=1S/C11H10FNO2/c12-10-6-13-3-1-9(10)11(14)5-8-2-4-15-7-8/h1-4,6-7,11,14H,5H2. The second-order valence-electron chi connectivity index (χ2n) is 3.25. The van der Waals surface area contributed by atoms with Gasteiger partial charge in [0.05, 0.1) is 24.8 Å². The van der Waals surface area contributed by atoms with Crippen LogP contribution in [0.5, 0.6) is 0 Å². The number of pyridine rings is 1. The quantitative estimate of drug-likeness (QED) is 0.838. The van der Waals surface area contributed by atoms with E-state index in [-0.39, 0.29) is 5.56 Å². The molecule has 0 aromatic carbocycles. The third kappa shape index (κ3) is 2.22. The van der Waals surface area contributed by atoms with Gasteiger partial charge in [-0.3, -0.25) is 4.98 Å². The van der Waals surface area contributed by atoms with Crippen molar-refractivity contribution in [3.63, 3.8) is 0 Å². The zero-order valence-electron chi connectivity index (χ0n) is 7.93. The summed E-state index contributed by atoms with van der Waals surface area (Å²) in [5, 5.41) is 9.76. The molecule has 0 fully saturated rings. The van der Waals surface area contributed by atoms with Crippen molar-refractivity contribution in [2.75, 3.05) is 0 Å². The normalized spacial score (nSPS) is 12.7. The van der Waals surface area contributed by atoms with Gasteiger partial charge in [0.2, 0.25) is 0 Å². The highest BCUT2D eigenvalue weighted by Crippen LogP contribution is 2.20. The molecule has 2 aromatic rings. The molecule has 1 unspecified atom stereocenters. The summed E-state index contributed by atoms with van der Waals surface area (Å²) in [6, 6.07) is 3.21. The van der Waals surface area contributed by atoms with Crippen LogP contribution in [0.1, 0.15) is 17.2 Å². The molecule has 0 aliphatic heterocycles. The Bertz CT molecular complexity index is 428. The van der Waals surface area contributed by atoms with Gasteiger partial charge in [-0.25, -0.2) is 4.39 Å². The molecular formula is C11H10FNO2. The van der Waals surface area contributed by atoms with Crippen molar-refractivity contribution in [2.24, 2.45) is 0 Å². The van der Waals surface area contributed by atoms with E-state index in [0.29, 0.717) is 6.42 Å². The van der Waals surface area contributed by atoms with Gasteiger partial charge in [-0.05, 0) is 17.7 Å². The monoisotopic (exact) mass is 207 g/mol. The van der Waals surface area contributed by atoms with Gasteiger partial charge >= 0.3 is 0 Å². The molecule has 2 rings (SSSR count). The predicted molar refractivity (Wildman–Crippen MR) is 51.6 cm³/mol. The van der Waals surface area contributed by atoms with Gasteiger partial charge in [0.25, 0.3) is 0 Å². The Morgan fingerprint density at radius 2 is 2.33 bits per heavy atom. The molecule has 0 bridgehead atoms. The number of furan rings is 1. The highest BCUT2D eigenvalue weighted by atomic mass is 19.1. The molecule has 0 amide bonds. The lowest BCUT2D eigenvalue weighted by molar-refractivity contribution is 0.173. The van der Waals surface area contributed by atoms with E-state index in [9.17, 15) is 9.50 Å². The van der Waals surface area contributed by atoms with Gasteiger partial charge in [-0.15, -0.1) is 0 Å². The Balaban J connectivity index is 2.15. The highest BCUT2D eigenvalue weighted by Gasteiger charge is 2.13. The average Bonchev–Trinajstić information content (AvgIpc) is 2.71. The van der Waals surface area contributed by atoms with Crippen molar-refractivity contribution >= 4 is 0 Å². The maximum absolute atomic E-state index is 13.2. The van der Waals surface area contributed by atoms with E-state index >= 15 is 0 Å². The molecule has 1 atom stereocenters. The van der Waals surface area contributed by atoms with E-state index < -0.39 is 11.9 Å². The van der Waals surface area contributed by atoms with Crippen molar-refractivity contribution in [3.05, 3.63) is 54.0 Å². The van der Waals surface area contributed by atoms with Crippen molar-refractivity contribution < 1.29 is 13.9 Å². The van der Waals surface area contributed by atoms with Crippen LogP contribution < -0.4 is 0 Å². The first kappa shape index (κ1) is 9.86. The molecule has 78 valence electrons. The average molecular weight is 207 g/mol. The van der Waals surface area contributed by atoms with Gasteiger partial charge in [-0.1, -0.05) is 0 Å². The minimum atomic E-state index is -0.870. The third-order valence-electron chi connectivity index (χ3n) is 2.17. The minimum absolute atomic E-state index is 0.256. The summed E-state index contributed by atoms with van der Waals surface area (Å²) in [5.41, 5.74) is 1.09. The van der Waals surface area contributed by atoms with Crippen LogP contribution in [-0.4, -0.2) is 10.1 Å². The maximum atomic E-state index is 13.2. The second-order valence-corrected chi connectivity index (χ2v) is 3.25. The lowest BCUT2D eigenvalue weighted by atomic mass is 10.0. The Kier molecular flexibility index (Phi) is 2.78. The summed E-state index contributed by atoms with van der Waals surface area (Å²) < 4.78 is 18.1. The summed E-state index contributed by atoms with van der Waals surface area (Å²) in [6.07, 6.45) is 5.06. The van der Waals surface area contributed by atoms with E-state index in [0.717, 1.165) is 11.8 Å². The first-order chi connectivity index (χ1) is 7.27. The zero-order chi connectivity index (χ0) is 10.7. The van der Waals surface area contributed by atoms with Crippen LogP contribution in [0.15, 0.2) is 41.5 Å². The number of halogens is 1. The van der Waals surface area contributed by atoms with E-state index in [1.165, 1.54) is 24.8 Å². The number of aromatic nitrogens is 1. The number of hydrogen-bond acceptors (Lipinski definition) is 3. The minimum Gasteiger partial charge on any atom is -0.472 e. The Morgan fingerprint density at radius 3 is 3.00 bits per heavy atom. The molecule has 2 aromatic heterocycles. The van der Waals surface area contributed by atoms with Gasteiger partial charge in [0, 0.05) is 18.2 Å². The summed E-state index contributed by atoms with van der Waals surface area (Å²) in [4.78, 5) is 3.62. The maximum Gasteiger partial charge on any atom is 0.147 e. The van der Waals surface area contributed by atoms with E-state index in [1.807, 2.05) is 0 Å². The molecular weight excluding hydrogens is 197 g/mol. The lowest BCUT2D eigenvalue weighted by Crippen LogP contribution is -2.04. The first-order valence-corrected chi connectivity index (χ1v) is 4.56. The number of rotatable bonds is 3. The molecule has 0 aliphatic carbocycles. The Morgan fingerprint density at radius 1 is 1.47 bits per heavy atom. The molecule has 0 saturated carbocycles. The van der Waals surface area contributed by atoms with Crippen LogP contribution in [0.4, 0.5) is 4.39 Å². The molecule has 3 nitrogen and oxygen atoms in total. The zero-order valence-corrected chi connectivity index (χ0v) is 7.93. The van der Waals surface area contributed by atoms with E-state index in [2.05, 4.69) is 4.98 Å². The molecule has 15 heavy (non-hydrogen) atoms. The van der Waals surface area contributed by atoms with Crippen molar-refractivity contribution in [1.82, 2.24) is 4.98 Å². The number of nitrogens with zero attached hydrogens (tertiary/aromatic N) is 1. The van der Waals surface area contributed by atoms with Crippen LogP contribution in [0, 0.1) is 5.82 Å². The lowest BCUT2D eigenvalue weighted by Gasteiger charge is -2.09. The predicted octanol–water partition coefficient (Wildman–Crippen LogP) is 2.09. The fourth-order valence-corrected chi connectivity index (χ4v) is 1.40. The summed E-state index contributed by atoms with van der Waals surface area (Å²) in [7, 11) is 0. The number of aliphatic hydroxyl groups is 1. The van der Waals surface area contributed by atoms with Crippen LogP contribution in [0.3, 0.4) is 0 Å². The molecule has 0 radical (unpaired) electrons. The van der Waals surface area contributed by atoms with Crippen molar-refractivity contribution in [3.8, 4) is 0 Å². The van der Waals surface area contributed by atoms with E-state index in [4.69, 9.17) is 4.42 Å². The smallest absolute Gasteiger partial charge is 0.147 e. The first-order valence-electron chi connectivity index (χ1n) is 4.56. The molecule has 0 aliphatic rings. The fraction of sp³-hybridized carbons (Fsp3) is 0.182. The summed E-state index contributed by atoms with van der Waals surface area (Å²) in [5.74, 6) is -0.492. The molecule has 0 spiro atoms. The van der Waals surface area contributed by atoms with Crippen LogP contribution in [0.25, 0.3) is 0 Å². The van der Waals surface area contributed by atoms with Crippen LogP contribution in [-0.2, 0) is 6.42 Å². The largest absolute Gasteiger partial charge is 0.472 e. The van der Waals surface area contributed by atoms with Crippen molar-refractivity contribution in [2.45, 2.75) is 12.5 Å². The van der Waals surface area contributed by atoms with Crippen LogP contribution >= 0.6 is 0 Å². The fourth-order valence-electron chi connectivity index (χ4n) is 1.40. The molecule has 1 N–H and O–H groups in total. The summed E-state index contributed by atoms with van der Waals surface area (Å²) in [6.45, 7) is 0. The number of aliphatic hydroxyl groups excluding tert-OH is 1. The third-order valence-corrected chi connectivity index (χ3v) is 2.17. The highest BCUT2D eigenvalue weighted by molar-refractivity contribution is 5.19. The van der Waals surface area contributed by atoms with E-state index in [1.54, 1.807) is 6.07 Å². The van der Waals surface area contributed by atoms with Gasteiger partial charge in [0.1, 0.15) is 5.82 Å². The van der Waals surface area contributed by atoms with Gasteiger partial charge in [-0.2, -0.15) is 0 Å². The molecule has 4 heteroatoms. The Labute approximate surface area is 86.2 Å². The van der Waals surface area contributed by atoms with Gasteiger partial charge < -0.3 is 9.52 Å². The topological polar surface area (TPSA) is 46.3 Å². The molecule has 0 saturated heterocycles. The second kappa shape index (κ2) is 4.23. The van der Waals surface area contributed by atoms with Crippen molar-refractivity contribution in [1.29, 1.82) is 0 Å². The SMILES string of the molecule is OC(Cc1ccoc1)c1ccncc1F. The van der Waals surface area contributed by atoms with Gasteiger partial charge in [0.15, 0.2) is 0 Å². The summed E-state index contributed by atoms with van der Waals surface area (Å²) >= 11 is 0. The molecule has 2 heterocycles. The number of hydrogen-bond donors (Lipinski definition) is 1. The Hall–Kier alpha value is -1.68.